The van der Waals surface area contributed by atoms with E-state index in [-0.39, 0.29) is 22.8 Å². The molecule has 0 aromatic carbocycles. The van der Waals surface area contributed by atoms with Gasteiger partial charge in [0, 0.05) is 5.54 Å². The van der Waals surface area contributed by atoms with Crippen molar-refractivity contribution in [2.45, 2.75) is 76.9 Å². The van der Waals surface area contributed by atoms with Crippen molar-refractivity contribution in [2.75, 3.05) is 0 Å². The molecule has 1 aliphatic heterocycles. The van der Waals surface area contributed by atoms with Gasteiger partial charge in [-0.05, 0) is 11.5 Å². The van der Waals surface area contributed by atoms with Crippen LogP contribution < -0.4 is 0 Å². The minimum atomic E-state index is -1.57. The Bertz CT molecular complexity index is 278. The molecule has 1 aliphatic rings. The van der Waals surface area contributed by atoms with Gasteiger partial charge in [0.25, 0.3) is 0 Å². The normalized spacial score (nSPS) is 27.7. The van der Waals surface area contributed by atoms with Crippen LogP contribution in [0.1, 0.15) is 41.0 Å². The summed E-state index contributed by atoms with van der Waals surface area (Å²) in [5.41, 5.74) is 0.189. The van der Waals surface area contributed by atoms with Gasteiger partial charge in [-0.25, -0.2) is 0 Å². The highest BCUT2D eigenvalue weighted by Crippen LogP contribution is 2.45. The van der Waals surface area contributed by atoms with Crippen molar-refractivity contribution < 1.29 is 9.53 Å². The molecule has 1 rings (SSSR count). The average molecular weight is 242 g/mol. The van der Waals surface area contributed by atoms with E-state index >= 15 is 0 Å². The Balaban J connectivity index is 2.71. The van der Waals surface area contributed by atoms with Crippen molar-refractivity contribution in [1.29, 1.82) is 0 Å². The van der Waals surface area contributed by atoms with Crippen LogP contribution >= 0.6 is 0 Å². The van der Waals surface area contributed by atoms with E-state index in [2.05, 4.69) is 47.7 Å². The van der Waals surface area contributed by atoms with Gasteiger partial charge in [-0.1, -0.05) is 47.7 Å². The Morgan fingerprint density at radius 1 is 1.38 bits per heavy atom. The molecule has 0 unspecified atom stereocenters. The van der Waals surface area contributed by atoms with Gasteiger partial charge in [0.15, 0.2) is 5.78 Å². The summed E-state index contributed by atoms with van der Waals surface area (Å²) in [5.74, 6) is 0.346. The fourth-order valence-corrected chi connectivity index (χ4v) is 4.13. The standard InChI is InChI=1S/C13H26O2Si/c1-8-10-12(15-10)11(14)9(2)16(6,7)13(3,4)5/h9-10,12H,8H2,1-7H3/t9-,10+,12-/m0/s1. The molecule has 1 heterocycles. The fraction of sp³-hybridized carbons (Fsp3) is 0.923. The summed E-state index contributed by atoms with van der Waals surface area (Å²) in [6.45, 7) is 15.6. The lowest BCUT2D eigenvalue weighted by Gasteiger charge is -2.41. The first kappa shape index (κ1) is 13.9. The molecule has 3 atom stereocenters. The molecule has 0 aromatic rings. The molecule has 0 spiro atoms. The van der Waals surface area contributed by atoms with Crippen LogP contribution in [0.15, 0.2) is 0 Å². The van der Waals surface area contributed by atoms with E-state index in [0.717, 1.165) is 6.42 Å². The number of rotatable bonds is 4. The van der Waals surface area contributed by atoms with Gasteiger partial charge in [-0.2, -0.15) is 0 Å². The van der Waals surface area contributed by atoms with Gasteiger partial charge in [0.1, 0.15) is 6.10 Å². The van der Waals surface area contributed by atoms with Crippen LogP contribution in [0.25, 0.3) is 0 Å². The van der Waals surface area contributed by atoms with Crippen LogP contribution in [-0.2, 0) is 9.53 Å². The molecule has 0 saturated carbocycles. The van der Waals surface area contributed by atoms with E-state index in [4.69, 9.17) is 4.74 Å². The lowest BCUT2D eigenvalue weighted by Crippen LogP contribution is -2.45. The van der Waals surface area contributed by atoms with Gasteiger partial charge < -0.3 is 4.74 Å². The van der Waals surface area contributed by atoms with E-state index < -0.39 is 8.07 Å². The van der Waals surface area contributed by atoms with E-state index in [1.165, 1.54) is 0 Å². The second-order valence-electron chi connectivity index (χ2n) is 6.60. The third kappa shape index (κ3) is 2.40. The molecule has 0 amide bonds. The zero-order chi connectivity index (χ0) is 12.7. The highest BCUT2D eigenvalue weighted by molar-refractivity contribution is 6.84. The molecule has 1 saturated heterocycles. The SMILES string of the molecule is CC[C@H]1O[C@@H]1C(=O)[C@H](C)[Si](C)(C)C(C)(C)C. The summed E-state index contributed by atoms with van der Waals surface area (Å²) >= 11 is 0. The minimum absolute atomic E-state index is 0.0888. The van der Waals surface area contributed by atoms with Crippen molar-refractivity contribution in [1.82, 2.24) is 0 Å². The average Bonchev–Trinajstić information content (AvgIpc) is 2.92. The minimum Gasteiger partial charge on any atom is -0.361 e. The number of hydrogen-bond acceptors (Lipinski definition) is 2. The number of carbonyl (C=O) groups excluding carboxylic acids is 1. The summed E-state index contributed by atoms with van der Waals surface area (Å²) in [4.78, 5) is 12.3. The van der Waals surface area contributed by atoms with Crippen LogP contribution in [0.3, 0.4) is 0 Å². The van der Waals surface area contributed by atoms with Crippen molar-refractivity contribution in [3.63, 3.8) is 0 Å². The third-order valence-corrected chi connectivity index (χ3v) is 11.0. The first-order valence-corrected chi connectivity index (χ1v) is 9.39. The van der Waals surface area contributed by atoms with Crippen molar-refractivity contribution >= 4 is 13.9 Å². The molecule has 0 aromatic heterocycles. The number of hydrogen-bond donors (Lipinski definition) is 0. The largest absolute Gasteiger partial charge is 0.361 e. The zero-order valence-electron chi connectivity index (χ0n) is 11.8. The zero-order valence-corrected chi connectivity index (χ0v) is 12.8. The molecule has 2 nitrogen and oxygen atoms in total. The van der Waals surface area contributed by atoms with E-state index in [1.807, 2.05) is 0 Å². The highest BCUT2D eigenvalue weighted by Gasteiger charge is 2.51. The number of ketones is 1. The Morgan fingerprint density at radius 3 is 2.19 bits per heavy atom. The topological polar surface area (TPSA) is 29.6 Å². The monoisotopic (exact) mass is 242 g/mol. The molecule has 0 N–H and O–H groups in total. The summed E-state index contributed by atoms with van der Waals surface area (Å²) in [7, 11) is -1.57. The highest BCUT2D eigenvalue weighted by atomic mass is 28.3. The third-order valence-electron chi connectivity index (χ3n) is 4.71. The molecule has 1 fully saturated rings. The Kier molecular flexibility index (Phi) is 3.70. The molecule has 16 heavy (non-hydrogen) atoms. The molecule has 3 heteroatoms. The van der Waals surface area contributed by atoms with Crippen LogP contribution in [-0.4, -0.2) is 26.1 Å². The number of ether oxygens (including phenoxy) is 1. The summed E-state index contributed by atoms with van der Waals surface area (Å²) in [6, 6.07) is 0. The number of epoxide rings is 1. The molecule has 94 valence electrons. The maximum Gasteiger partial charge on any atom is 0.164 e. The number of Topliss-reactive ketones (excluding diaryl/α,β-unsaturated/α-hetero) is 1. The predicted octanol–water partition coefficient (Wildman–Crippen LogP) is 3.63. The van der Waals surface area contributed by atoms with Gasteiger partial charge in [-0.3, -0.25) is 4.79 Å². The smallest absolute Gasteiger partial charge is 0.164 e. The van der Waals surface area contributed by atoms with Gasteiger partial charge in [-0.15, -0.1) is 0 Å². The molecule has 0 bridgehead atoms. The van der Waals surface area contributed by atoms with Crippen LogP contribution in [0.5, 0.6) is 0 Å². The maximum absolute atomic E-state index is 12.3. The summed E-state index contributed by atoms with van der Waals surface area (Å²) < 4.78 is 5.43. The molecular weight excluding hydrogens is 216 g/mol. The second kappa shape index (κ2) is 4.26. The van der Waals surface area contributed by atoms with Gasteiger partial charge in [0.2, 0.25) is 0 Å². The van der Waals surface area contributed by atoms with Gasteiger partial charge in [0.05, 0.1) is 14.2 Å². The van der Waals surface area contributed by atoms with E-state index in [9.17, 15) is 4.79 Å². The molecule has 0 radical (unpaired) electrons. The maximum atomic E-state index is 12.3. The van der Waals surface area contributed by atoms with E-state index in [0.29, 0.717) is 5.78 Å². The van der Waals surface area contributed by atoms with Crippen LogP contribution in [0.4, 0.5) is 0 Å². The summed E-state index contributed by atoms with van der Waals surface area (Å²) in [5, 5.41) is 0.263. The Labute approximate surface area is 101 Å². The Morgan fingerprint density at radius 2 is 1.88 bits per heavy atom. The predicted molar refractivity (Wildman–Crippen MR) is 70.6 cm³/mol. The fourth-order valence-electron chi connectivity index (χ4n) is 1.96. The lowest BCUT2D eigenvalue weighted by atomic mass is 10.1. The van der Waals surface area contributed by atoms with Gasteiger partial charge >= 0.3 is 0 Å². The summed E-state index contributed by atoms with van der Waals surface area (Å²) in [6.07, 6.45) is 1.08. The van der Waals surface area contributed by atoms with Crippen LogP contribution in [0.2, 0.25) is 23.7 Å². The molecule has 0 aliphatic carbocycles. The van der Waals surface area contributed by atoms with Crippen molar-refractivity contribution in [3.05, 3.63) is 0 Å². The lowest BCUT2D eigenvalue weighted by molar-refractivity contribution is -0.120. The first-order chi connectivity index (χ1) is 7.13. The number of carbonyl (C=O) groups is 1. The quantitative estimate of drug-likeness (QED) is 0.556. The first-order valence-electron chi connectivity index (χ1n) is 6.32. The van der Waals surface area contributed by atoms with Crippen LogP contribution in [0, 0.1) is 0 Å². The molecular formula is C13H26O2Si. The second-order valence-corrected chi connectivity index (χ2v) is 12.4. The Hall–Kier alpha value is -0.153. The van der Waals surface area contributed by atoms with Crippen molar-refractivity contribution in [3.8, 4) is 0 Å². The van der Waals surface area contributed by atoms with E-state index in [1.54, 1.807) is 0 Å². The van der Waals surface area contributed by atoms with Crippen molar-refractivity contribution in [2.24, 2.45) is 0 Å².